The van der Waals surface area contributed by atoms with Crippen molar-refractivity contribution in [2.45, 2.75) is 44.0 Å². The van der Waals surface area contributed by atoms with Crippen LogP contribution in [0.4, 0.5) is 5.13 Å². The number of rotatable bonds is 12. The molecule has 0 aliphatic carbocycles. The van der Waals surface area contributed by atoms with Crippen LogP contribution in [0, 0.1) is 0 Å². The highest BCUT2D eigenvalue weighted by molar-refractivity contribution is 7.84. The van der Waals surface area contributed by atoms with E-state index in [0.717, 1.165) is 30.8 Å². The van der Waals surface area contributed by atoms with Crippen LogP contribution in [0.3, 0.4) is 0 Å². The molecular formula is C24H30N8O9S2. The molecule has 0 saturated carbocycles. The molecule has 2 aliphatic heterocycles. The molecule has 2 aromatic rings. The summed E-state index contributed by atoms with van der Waals surface area (Å²) >= 11 is 0.954. The molecule has 0 bridgehead atoms. The molecule has 4 rings (SSSR count). The van der Waals surface area contributed by atoms with Crippen molar-refractivity contribution in [3.05, 3.63) is 40.9 Å². The Labute approximate surface area is 249 Å². The van der Waals surface area contributed by atoms with Gasteiger partial charge in [-0.3, -0.25) is 19.1 Å². The van der Waals surface area contributed by atoms with E-state index < -0.39 is 58.1 Å². The monoisotopic (exact) mass is 638 g/mol. The Morgan fingerprint density at radius 1 is 1.33 bits per heavy atom. The van der Waals surface area contributed by atoms with Gasteiger partial charge in [-0.25, -0.2) is 14.1 Å². The minimum atomic E-state index is -4.88. The van der Waals surface area contributed by atoms with Crippen molar-refractivity contribution in [2.24, 2.45) is 15.9 Å². The van der Waals surface area contributed by atoms with Crippen LogP contribution in [0.1, 0.15) is 31.5 Å². The minimum Gasteiger partial charge on any atom is -0.489 e. The number of nitrogens with one attached hydrogen (secondary N) is 2. The van der Waals surface area contributed by atoms with Crippen molar-refractivity contribution in [3.8, 4) is 5.75 Å². The van der Waals surface area contributed by atoms with Crippen LogP contribution in [-0.2, 0) is 29.5 Å². The van der Waals surface area contributed by atoms with E-state index in [-0.39, 0.29) is 21.2 Å². The smallest absolute Gasteiger partial charge is 0.362 e. The third-order valence-corrected chi connectivity index (χ3v) is 8.40. The summed E-state index contributed by atoms with van der Waals surface area (Å²) in [6.07, 6.45) is -0.791. The summed E-state index contributed by atoms with van der Waals surface area (Å²) in [6, 6.07) is 5.23. The third kappa shape index (κ3) is 7.19. The van der Waals surface area contributed by atoms with Crippen LogP contribution in [0.25, 0.3) is 0 Å². The largest absolute Gasteiger partial charge is 0.489 e. The number of aliphatic imine (C=N–C) groups is 1. The number of anilines is 1. The molecule has 1 aromatic carbocycles. The highest BCUT2D eigenvalue weighted by atomic mass is 32.2. The van der Waals surface area contributed by atoms with E-state index in [9.17, 15) is 32.5 Å². The third-order valence-electron chi connectivity index (χ3n) is 6.62. The molecule has 1 aromatic heterocycles. The topological polar surface area (TPSA) is 261 Å². The first-order valence-electron chi connectivity index (χ1n) is 12.8. The number of nitrogen functional groups attached to an aromatic ring is 1. The van der Waals surface area contributed by atoms with Crippen LogP contribution in [-0.4, -0.2) is 100 Å². The van der Waals surface area contributed by atoms with E-state index in [1.165, 1.54) is 19.2 Å². The summed E-state index contributed by atoms with van der Waals surface area (Å²) in [5.74, 6) is -2.92. The van der Waals surface area contributed by atoms with Crippen molar-refractivity contribution in [1.82, 2.24) is 19.9 Å². The second kappa shape index (κ2) is 12.5. The molecule has 2 fully saturated rings. The maximum atomic E-state index is 13.1. The average Bonchev–Trinajstić information content (AvgIpc) is 3.60. The lowest BCUT2D eigenvalue weighted by Gasteiger charge is -2.50. The summed E-state index contributed by atoms with van der Waals surface area (Å²) in [5, 5.41) is 20.3. The first-order valence-corrected chi connectivity index (χ1v) is 15.0. The molecule has 0 spiro atoms. The minimum absolute atomic E-state index is 0.0558. The standard InChI is InChI=1S/C24H30N8O9S2/c1-24(2)18(21(34)32(24)43(37,38)39)30-20(33)17(15-11-42-23(26)29-15)31-41-16(22(35)36)10-40-14-5-3-12(4-6-14)19(25)28-13-7-8-27-9-13/h3-6,11,13,16,18,27H,7-10H2,1-2H3,(H2,25,28)(H2,26,29)(H,30,33)(H,35,36)(H,37,38,39)/b31-17-/t13-,16-,18+/m0/s1. The number of hydrogen-bond acceptors (Lipinski definition) is 13. The Kier molecular flexibility index (Phi) is 9.18. The molecule has 43 heavy (non-hydrogen) atoms. The number of carbonyl (C=O) groups is 3. The molecule has 3 atom stereocenters. The molecule has 17 nitrogen and oxygen atoms in total. The highest BCUT2D eigenvalue weighted by Crippen LogP contribution is 2.34. The quantitative estimate of drug-likeness (QED) is 0.0534. The molecule has 2 aliphatic rings. The number of benzene rings is 1. The SMILES string of the molecule is CC1(C)[C@H](NC(=O)/C(=N\O[C@@H](COc2ccc(C(N)=N[C@H]3CCNC3)cc2)C(=O)O)c2csc(N)n2)C(=O)N1S(=O)(=O)O. The summed E-state index contributed by atoms with van der Waals surface area (Å²) in [7, 11) is -4.88. The van der Waals surface area contributed by atoms with Gasteiger partial charge in [-0.15, -0.1) is 11.3 Å². The zero-order valence-corrected chi connectivity index (χ0v) is 24.6. The maximum absolute atomic E-state index is 13.1. The first kappa shape index (κ1) is 31.6. The van der Waals surface area contributed by atoms with Gasteiger partial charge in [0.05, 0.1) is 11.6 Å². The van der Waals surface area contributed by atoms with Crippen molar-refractivity contribution >= 4 is 56.1 Å². The summed E-state index contributed by atoms with van der Waals surface area (Å²) < 4.78 is 38.2. The number of β-lactam (4-membered cyclic amide) rings is 1. The Morgan fingerprint density at radius 2 is 2.02 bits per heavy atom. The first-order chi connectivity index (χ1) is 20.2. The van der Waals surface area contributed by atoms with Crippen molar-refractivity contribution in [1.29, 1.82) is 0 Å². The van der Waals surface area contributed by atoms with Crippen LogP contribution >= 0.6 is 11.3 Å². The number of nitrogens with two attached hydrogens (primary N) is 2. The number of carbonyl (C=O) groups excluding carboxylic acids is 2. The number of ether oxygens (including phenoxy) is 1. The zero-order valence-electron chi connectivity index (χ0n) is 23.0. The highest BCUT2D eigenvalue weighted by Gasteiger charge is 2.60. The molecule has 0 radical (unpaired) electrons. The Morgan fingerprint density at radius 3 is 2.56 bits per heavy atom. The fraction of sp³-hybridized carbons (Fsp3) is 0.417. The van der Waals surface area contributed by atoms with Gasteiger partial charge in [-0.1, -0.05) is 5.16 Å². The van der Waals surface area contributed by atoms with E-state index in [2.05, 4.69) is 25.8 Å². The summed E-state index contributed by atoms with van der Waals surface area (Å²) in [5.41, 5.74) is 10.3. The van der Waals surface area contributed by atoms with Gasteiger partial charge in [0.2, 0.25) is 0 Å². The summed E-state index contributed by atoms with van der Waals surface area (Å²) in [6.45, 7) is 3.73. The van der Waals surface area contributed by atoms with Crippen LogP contribution < -0.4 is 26.8 Å². The van der Waals surface area contributed by atoms with Crippen LogP contribution in [0.2, 0.25) is 0 Å². The number of amides is 2. The van der Waals surface area contributed by atoms with Gasteiger partial charge in [0.15, 0.2) is 10.8 Å². The molecule has 19 heteroatoms. The normalized spacial score (nSPS) is 21.2. The number of aliphatic carboxylic acids is 1. The van der Waals surface area contributed by atoms with E-state index >= 15 is 0 Å². The number of hydrogen-bond donors (Lipinski definition) is 6. The van der Waals surface area contributed by atoms with E-state index in [1.54, 1.807) is 24.3 Å². The van der Waals surface area contributed by atoms with Crippen LogP contribution in [0.5, 0.6) is 5.75 Å². The number of aromatic nitrogens is 1. The van der Waals surface area contributed by atoms with Gasteiger partial charge in [0.1, 0.15) is 29.9 Å². The number of nitrogens with zero attached hydrogens (tertiary/aromatic N) is 4. The van der Waals surface area contributed by atoms with Gasteiger partial charge in [0, 0.05) is 17.5 Å². The van der Waals surface area contributed by atoms with Crippen molar-refractivity contribution < 1.29 is 42.0 Å². The average molecular weight is 639 g/mol. The maximum Gasteiger partial charge on any atom is 0.362 e. The second-order valence-electron chi connectivity index (χ2n) is 10.1. The lowest BCUT2D eigenvalue weighted by atomic mass is 9.85. The Balaban J connectivity index is 1.45. The van der Waals surface area contributed by atoms with Crippen molar-refractivity contribution in [3.63, 3.8) is 0 Å². The predicted molar refractivity (Wildman–Crippen MR) is 154 cm³/mol. The lowest BCUT2D eigenvalue weighted by Crippen LogP contribution is -2.77. The number of amidine groups is 1. The zero-order chi connectivity index (χ0) is 31.5. The van der Waals surface area contributed by atoms with Gasteiger partial charge in [0.25, 0.3) is 17.9 Å². The van der Waals surface area contributed by atoms with Crippen LogP contribution in [0.15, 0.2) is 39.8 Å². The number of oxime groups is 1. The molecular weight excluding hydrogens is 608 g/mol. The molecule has 3 heterocycles. The van der Waals surface area contributed by atoms with Gasteiger partial charge < -0.3 is 36.8 Å². The summed E-state index contributed by atoms with van der Waals surface area (Å²) in [4.78, 5) is 51.0. The van der Waals surface area contributed by atoms with E-state index in [1.807, 2.05) is 0 Å². The predicted octanol–water partition coefficient (Wildman–Crippen LogP) is -1.05. The molecule has 0 unspecified atom stereocenters. The lowest BCUT2D eigenvalue weighted by molar-refractivity contribution is -0.152. The molecule has 232 valence electrons. The molecule has 2 amide bonds. The van der Waals surface area contributed by atoms with E-state index in [0.29, 0.717) is 17.1 Å². The van der Waals surface area contributed by atoms with Gasteiger partial charge >= 0.3 is 16.3 Å². The Bertz CT molecular complexity index is 1550. The molecule has 8 N–H and O–H groups in total. The Hall–Kier alpha value is -4.33. The number of carboxylic acid groups (broad SMARTS) is 1. The number of carboxylic acids is 1. The fourth-order valence-corrected chi connectivity index (χ4v) is 5.96. The fourth-order valence-electron chi connectivity index (χ4n) is 4.38. The van der Waals surface area contributed by atoms with Gasteiger partial charge in [-0.2, -0.15) is 8.42 Å². The number of thiazole rings is 1. The van der Waals surface area contributed by atoms with E-state index in [4.69, 9.17) is 21.0 Å². The van der Waals surface area contributed by atoms with Crippen molar-refractivity contribution in [2.75, 3.05) is 25.4 Å². The van der Waals surface area contributed by atoms with Gasteiger partial charge in [-0.05, 0) is 51.1 Å². The second-order valence-corrected chi connectivity index (χ2v) is 12.2. The molecule has 2 saturated heterocycles.